The van der Waals surface area contributed by atoms with Crippen LogP contribution >= 0.6 is 0 Å². The molecule has 1 aromatic heterocycles. The zero-order valence-electron chi connectivity index (χ0n) is 14.8. The van der Waals surface area contributed by atoms with Crippen molar-refractivity contribution in [1.29, 1.82) is 0 Å². The summed E-state index contributed by atoms with van der Waals surface area (Å²) >= 11 is 0. The predicted molar refractivity (Wildman–Crippen MR) is 93.2 cm³/mol. The lowest BCUT2D eigenvalue weighted by molar-refractivity contribution is -0.384. The van der Waals surface area contributed by atoms with Crippen molar-refractivity contribution in [2.75, 3.05) is 7.11 Å². The average Bonchev–Trinajstić information content (AvgIpc) is 3.18. The molecule has 0 saturated carbocycles. The zero-order chi connectivity index (χ0) is 20.3. The molecule has 2 aromatic carbocycles. The number of ether oxygens (including phenoxy) is 2. The van der Waals surface area contributed by atoms with Crippen LogP contribution in [-0.2, 0) is 4.74 Å². The topological polar surface area (TPSA) is 118 Å². The van der Waals surface area contributed by atoms with Gasteiger partial charge in [-0.25, -0.2) is 9.18 Å². The maximum atomic E-state index is 13.7. The summed E-state index contributed by atoms with van der Waals surface area (Å²) in [6, 6.07) is 9.23. The van der Waals surface area contributed by atoms with Gasteiger partial charge in [0, 0.05) is 17.7 Å². The first kappa shape index (κ1) is 19.0. The minimum Gasteiger partial charge on any atom is -0.494 e. The van der Waals surface area contributed by atoms with Crippen molar-refractivity contribution in [2.45, 2.75) is 13.0 Å². The van der Waals surface area contributed by atoms with E-state index in [1.807, 2.05) is 0 Å². The van der Waals surface area contributed by atoms with Crippen LogP contribution in [0.2, 0.25) is 0 Å². The third kappa shape index (κ3) is 3.95. The van der Waals surface area contributed by atoms with Gasteiger partial charge >= 0.3 is 5.97 Å². The number of nitrogens with zero attached hydrogens (tertiary/aromatic N) is 3. The van der Waals surface area contributed by atoms with Gasteiger partial charge in [0.25, 0.3) is 11.6 Å². The SMILES string of the molecule is COc1ccc(C(=O)O[C@H](C)c2nnc(-c3ccc([N+](=O)[O-])cc3)o2)cc1F. The molecule has 0 radical (unpaired) electrons. The van der Waals surface area contributed by atoms with E-state index < -0.39 is 22.8 Å². The van der Waals surface area contributed by atoms with Crippen molar-refractivity contribution < 1.29 is 28.0 Å². The monoisotopic (exact) mass is 387 g/mol. The maximum absolute atomic E-state index is 13.7. The summed E-state index contributed by atoms with van der Waals surface area (Å²) in [5.41, 5.74) is 0.401. The Morgan fingerprint density at radius 3 is 2.54 bits per heavy atom. The van der Waals surface area contributed by atoms with Crippen molar-refractivity contribution in [3.63, 3.8) is 0 Å². The molecule has 0 N–H and O–H groups in total. The lowest BCUT2D eigenvalue weighted by Crippen LogP contribution is -2.10. The molecule has 0 aliphatic rings. The Labute approximate surface area is 157 Å². The van der Waals surface area contributed by atoms with Crippen molar-refractivity contribution in [1.82, 2.24) is 10.2 Å². The Kier molecular flexibility index (Phi) is 5.30. The summed E-state index contributed by atoms with van der Waals surface area (Å²) in [6.07, 6.45) is -0.892. The highest BCUT2D eigenvalue weighted by molar-refractivity contribution is 5.89. The average molecular weight is 387 g/mol. The normalized spacial score (nSPS) is 11.7. The van der Waals surface area contributed by atoms with Crippen LogP contribution in [0, 0.1) is 15.9 Å². The van der Waals surface area contributed by atoms with Gasteiger partial charge in [0.1, 0.15) is 0 Å². The van der Waals surface area contributed by atoms with Crippen LogP contribution < -0.4 is 4.74 Å². The molecule has 0 bridgehead atoms. The van der Waals surface area contributed by atoms with E-state index in [1.165, 1.54) is 50.4 Å². The Morgan fingerprint density at radius 2 is 1.93 bits per heavy atom. The molecule has 1 atom stereocenters. The first-order valence-corrected chi connectivity index (χ1v) is 8.01. The minimum absolute atomic E-state index is 0.000239. The largest absolute Gasteiger partial charge is 0.494 e. The van der Waals surface area contributed by atoms with E-state index in [0.29, 0.717) is 5.56 Å². The molecule has 0 saturated heterocycles. The molecule has 0 fully saturated rings. The maximum Gasteiger partial charge on any atom is 0.339 e. The Morgan fingerprint density at radius 1 is 1.21 bits per heavy atom. The molecule has 1 heterocycles. The van der Waals surface area contributed by atoms with E-state index in [0.717, 1.165) is 6.07 Å². The second kappa shape index (κ2) is 7.82. The van der Waals surface area contributed by atoms with Crippen LogP contribution in [0.25, 0.3) is 11.5 Å². The molecule has 10 heteroatoms. The molecule has 9 nitrogen and oxygen atoms in total. The first-order valence-electron chi connectivity index (χ1n) is 8.01. The number of non-ortho nitro benzene ring substituents is 1. The van der Waals surface area contributed by atoms with Gasteiger partial charge in [-0.3, -0.25) is 10.1 Å². The van der Waals surface area contributed by atoms with Gasteiger partial charge in [-0.05, 0) is 37.3 Å². The fourth-order valence-corrected chi connectivity index (χ4v) is 2.31. The quantitative estimate of drug-likeness (QED) is 0.357. The van der Waals surface area contributed by atoms with E-state index in [2.05, 4.69) is 10.2 Å². The summed E-state index contributed by atoms with van der Waals surface area (Å²) in [5, 5.41) is 18.4. The van der Waals surface area contributed by atoms with Crippen LogP contribution in [0.3, 0.4) is 0 Å². The summed E-state index contributed by atoms with van der Waals surface area (Å²) in [6.45, 7) is 1.52. The van der Waals surface area contributed by atoms with E-state index >= 15 is 0 Å². The number of halogens is 1. The highest BCUT2D eigenvalue weighted by atomic mass is 19.1. The first-order chi connectivity index (χ1) is 13.4. The van der Waals surface area contributed by atoms with Crippen LogP contribution in [-0.4, -0.2) is 28.2 Å². The fourth-order valence-electron chi connectivity index (χ4n) is 2.31. The van der Waals surface area contributed by atoms with E-state index in [4.69, 9.17) is 13.9 Å². The summed E-state index contributed by atoms with van der Waals surface area (Å²) < 4.78 is 29.2. The second-order valence-corrected chi connectivity index (χ2v) is 5.65. The number of carbonyl (C=O) groups is 1. The number of rotatable bonds is 6. The number of hydrogen-bond donors (Lipinski definition) is 0. The Bertz CT molecular complexity index is 1020. The smallest absolute Gasteiger partial charge is 0.339 e. The van der Waals surface area contributed by atoms with Crippen molar-refractivity contribution >= 4 is 11.7 Å². The molecule has 144 valence electrons. The van der Waals surface area contributed by atoms with Gasteiger partial charge < -0.3 is 13.9 Å². The van der Waals surface area contributed by atoms with Crippen molar-refractivity contribution in [2.24, 2.45) is 0 Å². The van der Waals surface area contributed by atoms with Gasteiger partial charge in [0.05, 0.1) is 17.6 Å². The number of esters is 1. The number of carbonyl (C=O) groups excluding carboxylic acids is 1. The predicted octanol–water partition coefficient (Wildman–Crippen LogP) is 3.71. The second-order valence-electron chi connectivity index (χ2n) is 5.65. The number of aromatic nitrogens is 2. The Balaban J connectivity index is 1.71. The number of nitro benzene ring substituents is 1. The molecule has 0 amide bonds. The van der Waals surface area contributed by atoms with Crippen LogP contribution in [0.15, 0.2) is 46.9 Å². The summed E-state index contributed by atoms with van der Waals surface area (Å²) in [7, 11) is 1.32. The molecular formula is C18H14FN3O6. The highest BCUT2D eigenvalue weighted by Crippen LogP contribution is 2.25. The molecular weight excluding hydrogens is 373 g/mol. The van der Waals surface area contributed by atoms with E-state index in [1.54, 1.807) is 0 Å². The van der Waals surface area contributed by atoms with Gasteiger partial charge in [-0.15, -0.1) is 10.2 Å². The molecule has 0 aliphatic carbocycles. The molecule has 3 aromatic rings. The third-order valence-electron chi connectivity index (χ3n) is 3.78. The summed E-state index contributed by atoms with van der Waals surface area (Å²) in [4.78, 5) is 22.3. The molecule has 0 unspecified atom stereocenters. The number of nitro groups is 1. The van der Waals surface area contributed by atoms with Crippen molar-refractivity contribution in [3.8, 4) is 17.2 Å². The molecule has 28 heavy (non-hydrogen) atoms. The number of hydrogen-bond acceptors (Lipinski definition) is 8. The minimum atomic E-state index is -0.892. The van der Waals surface area contributed by atoms with Crippen molar-refractivity contribution in [3.05, 3.63) is 69.9 Å². The highest BCUT2D eigenvalue weighted by Gasteiger charge is 2.21. The van der Waals surface area contributed by atoms with E-state index in [9.17, 15) is 19.3 Å². The van der Waals surface area contributed by atoms with Gasteiger partial charge in [-0.1, -0.05) is 0 Å². The third-order valence-corrected chi connectivity index (χ3v) is 3.78. The van der Waals surface area contributed by atoms with Gasteiger partial charge in [-0.2, -0.15) is 0 Å². The lowest BCUT2D eigenvalue weighted by atomic mass is 10.2. The van der Waals surface area contributed by atoms with E-state index in [-0.39, 0.29) is 28.8 Å². The molecule has 3 rings (SSSR count). The van der Waals surface area contributed by atoms with Gasteiger partial charge in [0.15, 0.2) is 17.7 Å². The standard InChI is InChI=1S/C18H14FN3O6/c1-10(27-18(23)12-5-8-15(26-2)14(19)9-12)16-20-21-17(28-16)11-3-6-13(7-4-11)22(24)25/h3-10H,1-2H3/t10-/m1/s1. The van der Waals surface area contributed by atoms with Gasteiger partial charge in [0.2, 0.25) is 5.89 Å². The Hall–Kier alpha value is -3.82. The van der Waals surface area contributed by atoms with Crippen LogP contribution in [0.1, 0.15) is 29.3 Å². The van der Waals surface area contributed by atoms with Crippen LogP contribution in [0.4, 0.5) is 10.1 Å². The summed E-state index contributed by atoms with van der Waals surface area (Å²) in [5.74, 6) is -1.32. The number of methoxy groups -OCH3 is 1. The lowest BCUT2D eigenvalue weighted by Gasteiger charge is -2.10. The van der Waals surface area contributed by atoms with Crippen LogP contribution in [0.5, 0.6) is 5.75 Å². The molecule has 0 aliphatic heterocycles. The molecule has 0 spiro atoms. The number of benzene rings is 2. The zero-order valence-corrected chi connectivity index (χ0v) is 14.8. The fraction of sp³-hybridized carbons (Fsp3) is 0.167.